The molecule has 2 aromatic carbocycles. The van der Waals surface area contributed by atoms with E-state index in [4.69, 9.17) is 0 Å². The molecule has 0 radical (unpaired) electrons. The minimum atomic E-state index is -3.34. The van der Waals surface area contributed by atoms with Crippen LogP contribution in [0.25, 0.3) is 0 Å². The van der Waals surface area contributed by atoms with Crippen LogP contribution < -0.4 is 4.72 Å². The maximum atomic E-state index is 12.3. The smallest absolute Gasteiger partial charge is 0.216 e. The van der Waals surface area contributed by atoms with Crippen LogP contribution in [0.5, 0.6) is 0 Å². The van der Waals surface area contributed by atoms with E-state index in [-0.39, 0.29) is 5.75 Å². The third kappa shape index (κ3) is 5.94. The van der Waals surface area contributed by atoms with Crippen molar-refractivity contribution in [2.24, 2.45) is 0 Å². The average molecular weight is 373 g/mol. The predicted octanol–water partition coefficient (Wildman–Crippen LogP) is 3.60. The largest absolute Gasteiger partial charge is 0.299 e. The van der Waals surface area contributed by atoms with Crippen molar-refractivity contribution in [3.8, 4) is 0 Å². The lowest BCUT2D eigenvalue weighted by Gasteiger charge is -2.26. The second-order valence-electron chi connectivity index (χ2n) is 7.22. The van der Waals surface area contributed by atoms with E-state index >= 15 is 0 Å². The van der Waals surface area contributed by atoms with Gasteiger partial charge in [-0.25, -0.2) is 13.1 Å². The highest BCUT2D eigenvalue weighted by Gasteiger charge is 2.12. The maximum absolute atomic E-state index is 12.3. The Morgan fingerprint density at radius 2 is 1.62 bits per heavy atom. The van der Waals surface area contributed by atoms with E-state index in [1.807, 2.05) is 43.3 Å². The zero-order valence-corrected chi connectivity index (χ0v) is 16.3. The van der Waals surface area contributed by atoms with Gasteiger partial charge in [0.25, 0.3) is 0 Å². The molecule has 140 valence electrons. The molecule has 1 aliphatic heterocycles. The van der Waals surface area contributed by atoms with Gasteiger partial charge in [0.15, 0.2) is 0 Å². The van der Waals surface area contributed by atoms with Crippen LogP contribution in [0.4, 0.5) is 0 Å². The minimum Gasteiger partial charge on any atom is -0.299 e. The molecule has 0 bridgehead atoms. The lowest BCUT2D eigenvalue weighted by molar-refractivity contribution is 0.221. The Labute approximate surface area is 157 Å². The van der Waals surface area contributed by atoms with Crippen LogP contribution in [0, 0.1) is 6.92 Å². The first-order chi connectivity index (χ1) is 12.5. The summed E-state index contributed by atoms with van der Waals surface area (Å²) in [5, 5.41) is 0. The molecule has 1 fully saturated rings. The summed E-state index contributed by atoms with van der Waals surface area (Å²) in [6.07, 6.45) is 3.93. The highest BCUT2D eigenvalue weighted by molar-refractivity contribution is 7.88. The van der Waals surface area contributed by atoms with E-state index in [1.54, 1.807) is 0 Å². The Morgan fingerprint density at radius 1 is 0.923 bits per heavy atom. The zero-order chi connectivity index (χ0) is 18.4. The van der Waals surface area contributed by atoms with E-state index in [2.05, 4.69) is 21.8 Å². The number of nitrogens with zero attached hydrogens (tertiary/aromatic N) is 1. The van der Waals surface area contributed by atoms with Crippen LogP contribution in [-0.4, -0.2) is 26.4 Å². The number of sulfonamides is 1. The van der Waals surface area contributed by atoms with Crippen molar-refractivity contribution in [3.05, 3.63) is 70.8 Å². The molecule has 3 rings (SSSR count). The van der Waals surface area contributed by atoms with Crippen molar-refractivity contribution in [1.82, 2.24) is 9.62 Å². The number of aryl methyl sites for hydroxylation is 1. The summed E-state index contributed by atoms with van der Waals surface area (Å²) in [5.74, 6) is 0.0156. The lowest BCUT2D eigenvalue weighted by atomic mass is 10.1. The fraction of sp³-hybridized carbons (Fsp3) is 0.429. The monoisotopic (exact) mass is 372 g/mol. The molecule has 0 saturated carbocycles. The van der Waals surface area contributed by atoms with Crippen molar-refractivity contribution >= 4 is 10.0 Å². The Hall–Kier alpha value is -1.69. The maximum Gasteiger partial charge on any atom is 0.216 e. The summed E-state index contributed by atoms with van der Waals surface area (Å²) < 4.78 is 27.3. The molecule has 0 unspecified atom stereocenters. The minimum absolute atomic E-state index is 0.0156. The number of nitrogens with one attached hydrogen (secondary N) is 1. The van der Waals surface area contributed by atoms with Gasteiger partial charge < -0.3 is 0 Å². The molecule has 0 aromatic heterocycles. The van der Waals surface area contributed by atoms with Crippen LogP contribution in [0.1, 0.15) is 41.5 Å². The highest BCUT2D eigenvalue weighted by Crippen LogP contribution is 2.14. The molecule has 1 saturated heterocycles. The number of benzene rings is 2. The van der Waals surface area contributed by atoms with Crippen molar-refractivity contribution in [2.45, 2.75) is 45.0 Å². The van der Waals surface area contributed by atoms with Gasteiger partial charge in [-0.3, -0.25) is 4.90 Å². The topological polar surface area (TPSA) is 49.4 Å². The number of piperidine rings is 1. The van der Waals surface area contributed by atoms with E-state index in [0.717, 1.165) is 23.2 Å². The van der Waals surface area contributed by atoms with Gasteiger partial charge in [0.2, 0.25) is 10.0 Å². The highest BCUT2D eigenvalue weighted by atomic mass is 32.2. The Morgan fingerprint density at radius 3 is 2.31 bits per heavy atom. The molecule has 4 nitrogen and oxygen atoms in total. The second-order valence-corrected chi connectivity index (χ2v) is 9.03. The third-order valence-corrected chi connectivity index (χ3v) is 6.11. The van der Waals surface area contributed by atoms with E-state index in [9.17, 15) is 8.42 Å². The molecule has 5 heteroatoms. The van der Waals surface area contributed by atoms with E-state index in [1.165, 1.54) is 37.9 Å². The first kappa shape index (κ1) is 19.1. The number of hydrogen-bond donors (Lipinski definition) is 1. The fourth-order valence-corrected chi connectivity index (χ4v) is 4.51. The number of rotatable bonds is 7. The molecule has 1 heterocycles. The molecular weight excluding hydrogens is 344 g/mol. The lowest BCUT2D eigenvalue weighted by Crippen LogP contribution is -2.29. The van der Waals surface area contributed by atoms with E-state index in [0.29, 0.717) is 6.54 Å². The summed E-state index contributed by atoms with van der Waals surface area (Å²) in [6, 6.07) is 15.9. The third-order valence-electron chi connectivity index (χ3n) is 4.81. The molecular formula is C21H28N2O2S. The van der Waals surface area contributed by atoms with Crippen LogP contribution in [0.3, 0.4) is 0 Å². The summed E-state index contributed by atoms with van der Waals surface area (Å²) >= 11 is 0. The quantitative estimate of drug-likeness (QED) is 0.808. The number of hydrogen-bond acceptors (Lipinski definition) is 3. The standard InChI is InChI=1S/C21H28N2O2S/c1-18-6-5-7-21(14-18)17-26(24,25)22-15-19-8-10-20(11-9-19)16-23-12-3-2-4-13-23/h5-11,14,22H,2-4,12-13,15-17H2,1H3. The fourth-order valence-electron chi connectivity index (χ4n) is 3.40. The van der Waals surface area contributed by atoms with Crippen LogP contribution in [0.2, 0.25) is 0 Å². The van der Waals surface area contributed by atoms with Gasteiger partial charge in [-0.2, -0.15) is 0 Å². The van der Waals surface area contributed by atoms with Gasteiger partial charge in [-0.15, -0.1) is 0 Å². The molecule has 0 aliphatic carbocycles. The SMILES string of the molecule is Cc1cccc(CS(=O)(=O)NCc2ccc(CN3CCCCC3)cc2)c1. The Kier molecular flexibility index (Phi) is 6.46. The first-order valence-electron chi connectivity index (χ1n) is 9.33. The van der Waals surface area contributed by atoms with Crippen molar-refractivity contribution in [1.29, 1.82) is 0 Å². The van der Waals surface area contributed by atoms with Gasteiger partial charge in [0, 0.05) is 13.1 Å². The molecule has 1 aliphatic rings. The molecule has 0 spiro atoms. The first-order valence-corrected chi connectivity index (χ1v) is 11.0. The molecule has 2 aromatic rings. The van der Waals surface area contributed by atoms with Gasteiger partial charge in [-0.05, 0) is 49.5 Å². The van der Waals surface area contributed by atoms with Crippen molar-refractivity contribution < 1.29 is 8.42 Å². The second kappa shape index (κ2) is 8.80. The normalized spacial score (nSPS) is 15.9. The summed E-state index contributed by atoms with van der Waals surface area (Å²) in [5.41, 5.74) is 4.16. The Balaban J connectivity index is 1.52. The summed E-state index contributed by atoms with van der Waals surface area (Å²) in [4.78, 5) is 2.49. The van der Waals surface area contributed by atoms with Gasteiger partial charge >= 0.3 is 0 Å². The average Bonchev–Trinajstić information content (AvgIpc) is 2.62. The molecule has 1 N–H and O–H groups in total. The summed E-state index contributed by atoms with van der Waals surface area (Å²) in [6.45, 7) is 5.65. The van der Waals surface area contributed by atoms with Crippen LogP contribution in [-0.2, 0) is 28.9 Å². The van der Waals surface area contributed by atoms with Crippen LogP contribution in [0.15, 0.2) is 48.5 Å². The predicted molar refractivity (Wildman–Crippen MR) is 106 cm³/mol. The van der Waals surface area contributed by atoms with Gasteiger partial charge in [0.1, 0.15) is 0 Å². The molecule has 26 heavy (non-hydrogen) atoms. The van der Waals surface area contributed by atoms with Crippen molar-refractivity contribution in [2.75, 3.05) is 13.1 Å². The zero-order valence-electron chi connectivity index (χ0n) is 15.4. The van der Waals surface area contributed by atoms with Crippen molar-refractivity contribution in [3.63, 3.8) is 0 Å². The number of likely N-dealkylation sites (tertiary alicyclic amines) is 1. The molecule has 0 atom stereocenters. The molecule has 0 amide bonds. The van der Waals surface area contributed by atoms with Gasteiger partial charge in [0.05, 0.1) is 5.75 Å². The van der Waals surface area contributed by atoms with Crippen LogP contribution >= 0.6 is 0 Å². The van der Waals surface area contributed by atoms with Gasteiger partial charge in [-0.1, -0.05) is 60.5 Å². The Bertz CT molecular complexity index is 810. The van der Waals surface area contributed by atoms with E-state index < -0.39 is 10.0 Å². The summed E-state index contributed by atoms with van der Waals surface area (Å²) in [7, 11) is -3.34.